The molecule has 1 atom stereocenters. The fourth-order valence-electron chi connectivity index (χ4n) is 2.34. The quantitative estimate of drug-likeness (QED) is 0.831. The molecular formula is C14H16Cl2N2O. The number of carbonyl (C=O) groups is 1. The second kappa shape index (κ2) is 6.40. The smallest absolute Gasteiger partial charge is 0.267 e. The largest absolute Gasteiger partial charge is 0.272 e. The van der Waals surface area contributed by atoms with Crippen LogP contribution in [0, 0.1) is 5.92 Å². The number of amides is 1. The lowest BCUT2D eigenvalue weighted by Gasteiger charge is -2.08. The summed E-state index contributed by atoms with van der Waals surface area (Å²) in [5, 5.41) is 5.09. The SMILES string of the molecule is CCC1CCCC1=NNC(=O)c1ccc(Cl)cc1Cl. The van der Waals surface area contributed by atoms with E-state index in [1.54, 1.807) is 18.2 Å². The van der Waals surface area contributed by atoms with Gasteiger partial charge in [-0.25, -0.2) is 5.43 Å². The van der Waals surface area contributed by atoms with E-state index in [0.717, 1.165) is 31.4 Å². The summed E-state index contributed by atoms with van der Waals surface area (Å²) in [6, 6.07) is 4.79. The third kappa shape index (κ3) is 3.48. The normalized spacial score (nSPS) is 20.8. The van der Waals surface area contributed by atoms with Gasteiger partial charge < -0.3 is 0 Å². The van der Waals surface area contributed by atoms with Crippen LogP contribution in [0.25, 0.3) is 0 Å². The van der Waals surface area contributed by atoms with Crippen LogP contribution < -0.4 is 5.43 Å². The first-order valence-electron chi connectivity index (χ1n) is 6.43. The molecule has 1 fully saturated rings. The van der Waals surface area contributed by atoms with Gasteiger partial charge in [-0.15, -0.1) is 0 Å². The minimum absolute atomic E-state index is 0.295. The summed E-state index contributed by atoms with van der Waals surface area (Å²) in [5.41, 5.74) is 4.06. The molecule has 1 unspecified atom stereocenters. The Morgan fingerprint density at radius 1 is 1.47 bits per heavy atom. The van der Waals surface area contributed by atoms with Crippen molar-refractivity contribution < 1.29 is 4.79 Å². The molecule has 0 aliphatic heterocycles. The topological polar surface area (TPSA) is 41.5 Å². The maximum Gasteiger partial charge on any atom is 0.272 e. The van der Waals surface area contributed by atoms with Crippen molar-refractivity contribution >= 4 is 34.8 Å². The molecule has 1 amide bonds. The van der Waals surface area contributed by atoms with Gasteiger partial charge in [0.15, 0.2) is 0 Å². The highest BCUT2D eigenvalue weighted by Crippen LogP contribution is 2.25. The van der Waals surface area contributed by atoms with Crippen molar-refractivity contribution in [2.75, 3.05) is 0 Å². The highest BCUT2D eigenvalue weighted by atomic mass is 35.5. The molecule has 0 saturated heterocycles. The van der Waals surface area contributed by atoms with Gasteiger partial charge in [-0.2, -0.15) is 5.10 Å². The molecule has 1 aliphatic carbocycles. The van der Waals surface area contributed by atoms with Gasteiger partial charge in [0.25, 0.3) is 5.91 Å². The van der Waals surface area contributed by atoms with E-state index in [-0.39, 0.29) is 5.91 Å². The molecule has 2 rings (SSSR count). The highest BCUT2D eigenvalue weighted by molar-refractivity contribution is 6.36. The number of hydrogen-bond donors (Lipinski definition) is 1. The minimum Gasteiger partial charge on any atom is -0.267 e. The van der Waals surface area contributed by atoms with Crippen molar-refractivity contribution in [2.45, 2.75) is 32.6 Å². The molecule has 1 aromatic carbocycles. The number of carbonyl (C=O) groups excluding carboxylic acids is 1. The molecular weight excluding hydrogens is 283 g/mol. The molecule has 102 valence electrons. The zero-order chi connectivity index (χ0) is 13.8. The minimum atomic E-state index is -0.295. The molecule has 1 aromatic rings. The van der Waals surface area contributed by atoms with Crippen LogP contribution in [-0.2, 0) is 0 Å². The Hall–Kier alpha value is -1.06. The summed E-state index contributed by atoms with van der Waals surface area (Å²) in [6.45, 7) is 2.14. The zero-order valence-corrected chi connectivity index (χ0v) is 12.3. The summed E-state index contributed by atoms with van der Waals surface area (Å²) in [4.78, 5) is 12.0. The maximum absolute atomic E-state index is 12.0. The van der Waals surface area contributed by atoms with Gasteiger partial charge >= 0.3 is 0 Å². The molecule has 0 aromatic heterocycles. The number of rotatable bonds is 3. The third-order valence-electron chi connectivity index (χ3n) is 3.43. The lowest BCUT2D eigenvalue weighted by molar-refractivity contribution is 0.0954. The molecule has 19 heavy (non-hydrogen) atoms. The summed E-state index contributed by atoms with van der Waals surface area (Å²) < 4.78 is 0. The molecule has 0 heterocycles. The molecule has 1 aliphatic rings. The van der Waals surface area contributed by atoms with Crippen LogP contribution in [0.5, 0.6) is 0 Å². The predicted molar refractivity (Wildman–Crippen MR) is 79.0 cm³/mol. The average Bonchev–Trinajstić information content (AvgIpc) is 2.83. The Kier molecular flexibility index (Phi) is 4.83. The second-order valence-electron chi connectivity index (χ2n) is 4.67. The van der Waals surface area contributed by atoms with Crippen molar-refractivity contribution in [1.82, 2.24) is 5.43 Å². The number of halogens is 2. The first-order valence-corrected chi connectivity index (χ1v) is 7.19. The van der Waals surface area contributed by atoms with E-state index < -0.39 is 0 Å². The highest BCUT2D eigenvalue weighted by Gasteiger charge is 2.21. The first kappa shape index (κ1) is 14.4. The fraction of sp³-hybridized carbons (Fsp3) is 0.429. The number of benzene rings is 1. The standard InChI is InChI=1S/C14H16Cl2N2O/c1-2-9-4-3-5-13(9)17-18-14(19)11-7-6-10(15)8-12(11)16/h6-9H,2-5H2,1H3,(H,18,19). The van der Waals surface area contributed by atoms with E-state index in [4.69, 9.17) is 23.2 Å². The third-order valence-corrected chi connectivity index (χ3v) is 3.97. The zero-order valence-electron chi connectivity index (χ0n) is 10.7. The van der Waals surface area contributed by atoms with Crippen molar-refractivity contribution in [3.63, 3.8) is 0 Å². The van der Waals surface area contributed by atoms with E-state index in [0.29, 0.717) is 21.5 Å². The summed E-state index contributed by atoms with van der Waals surface area (Å²) in [7, 11) is 0. The molecule has 0 bridgehead atoms. The molecule has 5 heteroatoms. The molecule has 1 N–H and O–H groups in total. The van der Waals surface area contributed by atoms with Crippen molar-refractivity contribution in [3.8, 4) is 0 Å². The van der Waals surface area contributed by atoms with Crippen LogP contribution >= 0.6 is 23.2 Å². The van der Waals surface area contributed by atoms with Gasteiger partial charge in [-0.1, -0.05) is 30.1 Å². The predicted octanol–water partition coefficient (Wildman–Crippen LogP) is 4.29. The van der Waals surface area contributed by atoms with Crippen molar-refractivity contribution in [1.29, 1.82) is 0 Å². The van der Waals surface area contributed by atoms with Crippen molar-refractivity contribution in [2.24, 2.45) is 11.0 Å². The van der Waals surface area contributed by atoms with E-state index in [9.17, 15) is 4.79 Å². The van der Waals surface area contributed by atoms with Gasteiger partial charge in [0.05, 0.1) is 10.6 Å². The molecule has 3 nitrogen and oxygen atoms in total. The summed E-state index contributed by atoms with van der Waals surface area (Å²) >= 11 is 11.8. The molecule has 0 radical (unpaired) electrons. The van der Waals surface area contributed by atoms with Crippen molar-refractivity contribution in [3.05, 3.63) is 33.8 Å². The molecule has 0 spiro atoms. The number of nitrogens with zero attached hydrogens (tertiary/aromatic N) is 1. The van der Waals surface area contributed by atoms with E-state index in [1.807, 2.05) is 0 Å². The number of nitrogens with one attached hydrogen (secondary N) is 1. The first-order chi connectivity index (χ1) is 9.11. The Balaban J connectivity index is 2.07. The summed E-state index contributed by atoms with van der Waals surface area (Å²) in [5.74, 6) is 0.205. The van der Waals surface area contributed by atoms with E-state index >= 15 is 0 Å². The maximum atomic E-state index is 12.0. The number of hydrazone groups is 1. The van der Waals surface area contributed by atoms with E-state index in [2.05, 4.69) is 17.5 Å². The number of hydrogen-bond acceptors (Lipinski definition) is 2. The van der Waals surface area contributed by atoms with Gasteiger partial charge in [0.2, 0.25) is 0 Å². The Labute approximate surface area is 123 Å². The second-order valence-corrected chi connectivity index (χ2v) is 5.51. The molecule has 1 saturated carbocycles. The monoisotopic (exact) mass is 298 g/mol. The van der Waals surface area contributed by atoms with Gasteiger partial charge in [-0.05, 0) is 49.8 Å². The Bertz CT molecular complexity index is 514. The van der Waals surface area contributed by atoms with Crippen LogP contribution in [0.2, 0.25) is 10.0 Å². The van der Waals surface area contributed by atoms with E-state index in [1.165, 1.54) is 0 Å². The van der Waals surface area contributed by atoms with Gasteiger partial charge in [-0.3, -0.25) is 4.79 Å². The summed E-state index contributed by atoms with van der Waals surface area (Å²) in [6.07, 6.45) is 4.34. The fourth-order valence-corrected chi connectivity index (χ4v) is 2.84. The Morgan fingerprint density at radius 2 is 2.26 bits per heavy atom. The van der Waals surface area contributed by atoms with Gasteiger partial charge in [0, 0.05) is 10.7 Å². The van der Waals surface area contributed by atoms with Crippen LogP contribution in [0.3, 0.4) is 0 Å². The van der Waals surface area contributed by atoms with Crippen LogP contribution in [0.15, 0.2) is 23.3 Å². The van der Waals surface area contributed by atoms with Gasteiger partial charge in [0.1, 0.15) is 0 Å². The average molecular weight is 299 g/mol. The van der Waals surface area contributed by atoms with Crippen LogP contribution in [-0.4, -0.2) is 11.6 Å². The van der Waals surface area contributed by atoms with Crippen LogP contribution in [0.1, 0.15) is 43.0 Å². The lowest BCUT2D eigenvalue weighted by atomic mass is 10.0. The lowest BCUT2D eigenvalue weighted by Crippen LogP contribution is -2.21. The Morgan fingerprint density at radius 3 is 2.95 bits per heavy atom. The van der Waals surface area contributed by atoms with Crippen LogP contribution in [0.4, 0.5) is 0 Å².